The molecule has 2 aromatic rings. The Kier molecular flexibility index (Phi) is 11.0. The molecule has 0 spiro atoms. The van der Waals surface area contributed by atoms with E-state index in [9.17, 15) is 8.42 Å². The summed E-state index contributed by atoms with van der Waals surface area (Å²) in [5.74, 6) is 2.03. The number of nitrogens with zero attached hydrogens (tertiary/aromatic N) is 2. The van der Waals surface area contributed by atoms with Crippen molar-refractivity contribution in [1.29, 1.82) is 0 Å². The predicted octanol–water partition coefficient (Wildman–Crippen LogP) is 3.19. The van der Waals surface area contributed by atoms with Crippen LogP contribution in [0.4, 0.5) is 0 Å². The van der Waals surface area contributed by atoms with Crippen molar-refractivity contribution in [2.45, 2.75) is 18.4 Å². The molecular weight excluding hydrogens is 517 g/mol. The van der Waals surface area contributed by atoms with Crippen molar-refractivity contribution in [3.05, 3.63) is 54.1 Å². The minimum atomic E-state index is -3.36. The van der Waals surface area contributed by atoms with Gasteiger partial charge in [0.15, 0.2) is 15.8 Å². The van der Waals surface area contributed by atoms with Gasteiger partial charge in [0.05, 0.1) is 31.4 Å². The van der Waals surface area contributed by atoms with Crippen LogP contribution in [0.1, 0.15) is 12.5 Å². The Labute approximate surface area is 196 Å². The summed E-state index contributed by atoms with van der Waals surface area (Å²) in [6.45, 7) is 3.36. The van der Waals surface area contributed by atoms with Crippen LogP contribution in [0.15, 0.2) is 58.4 Å². The summed E-state index contributed by atoms with van der Waals surface area (Å²) in [5.41, 5.74) is 0.971. The highest BCUT2D eigenvalue weighted by atomic mass is 127. The summed E-state index contributed by atoms with van der Waals surface area (Å²) in [6.07, 6.45) is 0. The molecule has 0 aliphatic rings. The Bertz CT molecular complexity index is 921. The van der Waals surface area contributed by atoms with Crippen molar-refractivity contribution in [3.8, 4) is 11.5 Å². The molecule has 0 aromatic heterocycles. The van der Waals surface area contributed by atoms with Gasteiger partial charge in [-0.3, -0.25) is 4.99 Å². The molecule has 0 heterocycles. The van der Waals surface area contributed by atoms with Crippen molar-refractivity contribution in [2.24, 2.45) is 4.99 Å². The van der Waals surface area contributed by atoms with Crippen LogP contribution in [0, 0.1) is 0 Å². The van der Waals surface area contributed by atoms with Crippen LogP contribution < -0.4 is 14.8 Å². The maximum Gasteiger partial charge on any atom is 0.193 e. The van der Waals surface area contributed by atoms with Gasteiger partial charge in [-0.2, -0.15) is 0 Å². The molecule has 0 bridgehead atoms. The van der Waals surface area contributed by atoms with E-state index in [-0.39, 0.29) is 36.3 Å². The van der Waals surface area contributed by atoms with Gasteiger partial charge in [0, 0.05) is 31.8 Å². The summed E-state index contributed by atoms with van der Waals surface area (Å²) in [6, 6.07) is 14.1. The first kappa shape index (κ1) is 26.0. The number of hydrogen-bond acceptors (Lipinski definition) is 5. The van der Waals surface area contributed by atoms with Gasteiger partial charge in [0.25, 0.3) is 0 Å². The van der Waals surface area contributed by atoms with E-state index in [0.29, 0.717) is 23.9 Å². The SMILES string of the molecule is CCNC(=NCCS(=O)(=O)c1ccccc1)N(C)Cc1ccc(OC)cc1OC.I. The van der Waals surface area contributed by atoms with E-state index in [0.717, 1.165) is 17.1 Å². The van der Waals surface area contributed by atoms with Crippen molar-refractivity contribution >= 4 is 39.8 Å². The van der Waals surface area contributed by atoms with E-state index in [4.69, 9.17) is 9.47 Å². The number of rotatable bonds is 9. The van der Waals surface area contributed by atoms with Crippen LogP contribution in [0.3, 0.4) is 0 Å². The molecule has 0 saturated heterocycles. The van der Waals surface area contributed by atoms with Gasteiger partial charge in [0.2, 0.25) is 0 Å². The summed E-state index contributed by atoms with van der Waals surface area (Å²) in [5, 5.41) is 3.20. The standard InChI is InChI=1S/C21H29N3O4S.HI/c1-5-22-21(23-13-14-29(25,26)19-9-7-6-8-10-19)24(2)16-17-11-12-18(27-3)15-20(17)28-4;/h6-12,15H,5,13-14,16H2,1-4H3,(H,22,23);1H. The number of guanidine groups is 1. The molecule has 0 saturated carbocycles. The number of methoxy groups -OCH3 is 2. The van der Waals surface area contributed by atoms with Gasteiger partial charge in [0.1, 0.15) is 11.5 Å². The smallest absolute Gasteiger partial charge is 0.193 e. The number of benzene rings is 2. The van der Waals surface area contributed by atoms with Crippen LogP contribution in [-0.4, -0.2) is 59.4 Å². The molecule has 0 fully saturated rings. The zero-order valence-electron chi connectivity index (χ0n) is 17.8. The molecule has 0 aliphatic carbocycles. The van der Waals surface area contributed by atoms with E-state index >= 15 is 0 Å². The van der Waals surface area contributed by atoms with Gasteiger partial charge in [-0.15, -0.1) is 24.0 Å². The zero-order chi connectivity index (χ0) is 21.3. The van der Waals surface area contributed by atoms with Gasteiger partial charge in [-0.05, 0) is 31.2 Å². The molecule has 2 rings (SSSR count). The third-order valence-electron chi connectivity index (χ3n) is 4.32. The quantitative estimate of drug-likeness (QED) is 0.295. The highest BCUT2D eigenvalue weighted by Gasteiger charge is 2.15. The summed E-state index contributed by atoms with van der Waals surface area (Å²) in [4.78, 5) is 6.75. The molecule has 0 atom stereocenters. The normalized spacial score (nSPS) is 11.4. The molecule has 0 radical (unpaired) electrons. The Morgan fingerprint density at radius 1 is 1.10 bits per heavy atom. The first-order chi connectivity index (χ1) is 13.9. The van der Waals surface area contributed by atoms with Gasteiger partial charge in [-0.1, -0.05) is 18.2 Å². The first-order valence-corrected chi connectivity index (χ1v) is 11.0. The number of aliphatic imine (C=N–C) groups is 1. The minimum absolute atomic E-state index is 0. The topological polar surface area (TPSA) is 80.2 Å². The number of nitrogens with one attached hydrogen (secondary N) is 1. The van der Waals surface area contributed by atoms with Crippen LogP contribution >= 0.6 is 24.0 Å². The number of hydrogen-bond donors (Lipinski definition) is 1. The number of sulfone groups is 1. The van der Waals surface area contributed by atoms with Crippen LogP contribution in [0.5, 0.6) is 11.5 Å². The van der Waals surface area contributed by atoms with Gasteiger partial charge in [-0.25, -0.2) is 8.42 Å². The van der Waals surface area contributed by atoms with Gasteiger partial charge >= 0.3 is 0 Å². The van der Waals surface area contributed by atoms with Crippen LogP contribution in [0.25, 0.3) is 0 Å². The lowest BCUT2D eigenvalue weighted by atomic mass is 10.2. The average molecular weight is 547 g/mol. The summed E-state index contributed by atoms with van der Waals surface area (Å²) in [7, 11) is 1.77. The Balaban J connectivity index is 0.00000450. The van der Waals surface area contributed by atoms with Crippen molar-refractivity contribution in [1.82, 2.24) is 10.2 Å². The third-order valence-corrected chi connectivity index (χ3v) is 6.03. The Morgan fingerprint density at radius 2 is 1.80 bits per heavy atom. The molecule has 9 heteroatoms. The lowest BCUT2D eigenvalue weighted by Gasteiger charge is -2.23. The van der Waals surface area contributed by atoms with Crippen molar-refractivity contribution in [3.63, 3.8) is 0 Å². The molecule has 2 aromatic carbocycles. The largest absolute Gasteiger partial charge is 0.497 e. The second-order valence-electron chi connectivity index (χ2n) is 6.40. The monoisotopic (exact) mass is 547 g/mol. The maximum atomic E-state index is 12.4. The average Bonchev–Trinajstić information content (AvgIpc) is 2.73. The van der Waals surface area contributed by atoms with Crippen molar-refractivity contribution < 1.29 is 17.9 Å². The summed E-state index contributed by atoms with van der Waals surface area (Å²) < 4.78 is 35.6. The predicted molar refractivity (Wildman–Crippen MR) is 131 cm³/mol. The van der Waals surface area contributed by atoms with E-state index in [1.165, 1.54) is 0 Å². The van der Waals surface area contributed by atoms with Crippen LogP contribution in [0.2, 0.25) is 0 Å². The minimum Gasteiger partial charge on any atom is -0.497 e. The second-order valence-corrected chi connectivity index (χ2v) is 8.51. The fraction of sp³-hybridized carbons (Fsp3) is 0.381. The molecule has 1 N–H and O–H groups in total. The first-order valence-electron chi connectivity index (χ1n) is 9.39. The van der Waals surface area contributed by atoms with E-state index in [2.05, 4.69) is 10.3 Å². The summed E-state index contributed by atoms with van der Waals surface area (Å²) >= 11 is 0. The highest BCUT2D eigenvalue weighted by Crippen LogP contribution is 2.25. The van der Waals surface area contributed by atoms with E-state index < -0.39 is 9.84 Å². The zero-order valence-corrected chi connectivity index (χ0v) is 20.9. The van der Waals surface area contributed by atoms with E-state index in [1.807, 2.05) is 37.1 Å². The fourth-order valence-corrected chi connectivity index (χ4v) is 3.94. The fourth-order valence-electron chi connectivity index (χ4n) is 2.80. The Morgan fingerprint density at radius 3 is 2.40 bits per heavy atom. The molecule has 0 amide bonds. The van der Waals surface area contributed by atoms with Crippen LogP contribution in [-0.2, 0) is 16.4 Å². The lowest BCUT2D eigenvalue weighted by Crippen LogP contribution is -2.38. The van der Waals surface area contributed by atoms with Gasteiger partial charge < -0.3 is 19.7 Å². The molecule has 0 aliphatic heterocycles. The van der Waals surface area contributed by atoms with E-state index in [1.54, 1.807) is 44.6 Å². The maximum absolute atomic E-state index is 12.4. The van der Waals surface area contributed by atoms with Crippen molar-refractivity contribution in [2.75, 3.05) is 40.1 Å². The third kappa shape index (κ3) is 7.35. The molecule has 7 nitrogen and oxygen atoms in total. The Hall–Kier alpha value is -2.01. The highest BCUT2D eigenvalue weighted by molar-refractivity contribution is 14.0. The number of halogens is 1. The molecule has 0 unspecified atom stereocenters. The second kappa shape index (κ2) is 12.6. The molecule has 30 heavy (non-hydrogen) atoms. The molecule has 166 valence electrons. The lowest BCUT2D eigenvalue weighted by molar-refractivity contribution is 0.382. The number of ether oxygens (including phenoxy) is 2. The molecular formula is C21H30IN3O4S.